The van der Waals surface area contributed by atoms with Gasteiger partial charge < -0.3 is 15.5 Å². The van der Waals surface area contributed by atoms with Crippen molar-refractivity contribution in [2.24, 2.45) is 11.8 Å². The standard InChI is InChI=1S/C15H29N3O/c1-11(2)18-8-4-5-13(10-18)9-16-15(19)17-12(3)14-6-7-14/h11-14H,4-10H2,1-3H3,(H2,16,17,19)/t12-,13-/m1/s1. The van der Waals surface area contributed by atoms with Crippen LogP contribution in [-0.2, 0) is 0 Å². The molecule has 1 saturated heterocycles. The molecule has 2 amide bonds. The van der Waals surface area contributed by atoms with Crippen LogP contribution in [0.25, 0.3) is 0 Å². The molecule has 0 bridgehead atoms. The molecule has 19 heavy (non-hydrogen) atoms. The van der Waals surface area contributed by atoms with Crippen molar-refractivity contribution in [3.8, 4) is 0 Å². The van der Waals surface area contributed by atoms with Gasteiger partial charge in [-0.2, -0.15) is 0 Å². The fourth-order valence-electron chi connectivity index (χ4n) is 2.94. The van der Waals surface area contributed by atoms with Gasteiger partial charge in [0.25, 0.3) is 0 Å². The predicted octanol–water partition coefficient (Wildman–Crippen LogP) is 2.20. The van der Waals surface area contributed by atoms with Crippen LogP contribution in [0.4, 0.5) is 4.79 Å². The Hall–Kier alpha value is -0.770. The van der Waals surface area contributed by atoms with Crippen molar-refractivity contribution in [2.45, 2.75) is 58.5 Å². The Balaban J connectivity index is 1.65. The molecular weight excluding hydrogens is 238 g/mol. The average molecular weight is 267 g/mol. The molecule has 0 aromatic rings. The van der Waals surface area contributed by atoms with Crippen LogP contribution in [0.1, 0.15) is 46.5 Å². The van der Waals surface area contributed by atoms with Gasteiger partial charge in [-0.05, 0) is 64.8 Å². The van der Waals surface area contributed by atoms with Crippen LogP contribution >= 0.6 is 0 Å². The summed E-state index contributed by atoms with van der Waals surface area (Å²) in [6.07, 6.45) is 5.03. The SMILES string of the molecule is CC(C)N1CCC[C@H](CNC(=O)N[C@H](C)C2CC2)C1. The molecule has 2 fully saturated rings. The van der Waals surface area contributed by atoms with Crippen molar-refractivity contribution < 1.29 is 4.79 Å². The lowest BCUT2D eigenvalue weighted by atomic mass is 9.97. The van der Waals surface area contributed by atoms with Crippen LogP contribution < -0.4 is 10.6 Å². The van der Waals surface area contributed by atoms with Gasteiger partial charge in [0, 0.05) is 25.2 Å². The first kappa shape index (κ1) is 14.6. The highest BCUT2D eigenvalue weighted by Gasteiger charge is 2.29. The molecule has 0 aromatic heterocycles. The minimum absolute atomic E-state index is 0.0149. The number of piperidine rings is 1. The van der Waals surface area contributed by atoms with Gasteiger partial charge in [0.15, 0.2) is 0 Å². The third-order valence-corrected chi connectivity index (χ3v) is 4.52. The maximum atomic E-state index is 11.8. The number of hydrogen-bond donors (Lipinski definition) is 2. The minimum Gasteiger partial charge on any atom is -0.338 e. The number of likely N-dealkylation sites (tertiary alicyclic amines) is 1. The molecule has 0 spiro atoms. The molecule has 1 aliphatic heterocycles. The van der Waals surface area contributed by atoms with Gasteiger partial charge in [0.2, 0.25) is 0 Å². The van der Waals surface area contributed by atoms with Crippen molar-refractivity contribution in [1.82, 2.24) is 15.5 Å². The van der Waals surface area contributed by atoms with E-state index in [1.165, 1.54) is 32.2 Å². The second-order valence-corrected chi connectivity index (χ2v) is 6.58. The summed E-state index contributed by atoms with van der Waals surface area (Å²) < 4.78 is 0. The summed E-state index contributed by atoms with van der Waals surface area (Å²) in [6.45, 7) is 9.75. The van der Waals surface area contributed by atoms with Crippen molar-refractivity contribution >= 4 is 6.03 Å². The van der Waals surface area contributed by atoms with E-state index in [2.05, 4.69) is 36.3 Å². The highest BCUT2D eigenvalue weighted by molar-refractivity contribution is 5.74. The maximum Gasteiger partial charge on any atom is 0.315 e. The molecule has 4 nitrogen and oxygen atoms in total. The van der Waals surface area contributed by atoms with Gasteiger partial charge in [0.1, 0.15) is 0 Å². The van der Waals surface area contributed by atoms with E-state index in [0.717, 1.165) is 19.0 Å². The normalized spacial score (nSPS) is 26.2. The molecule has 0 radical (unpaired) electrons. The molecule has 2 aliphatic rings. The molecule has 1 saturated carbocycles. The maximum absolute atomic E-state index is 11.8. The van der Waals surface area contributed by atoms with Gasteiger partial charge in [-0.3, -0.25) is 0 Å². The summed E-state index contributed by atoms with van der Waals surface area (Å²) in [4.78, 5) is 14.3. The fourth-order valence-corrected chi connectivity index (χ4v) is 2.94. The number of nitrogens with zero attached hydrogens (tertiary/aromatic N) is 1. The van der Waals surface area contributed by atoms with Gasteiger partial charge >= 0.3 is 6.03 Å². The quantitative estimate of drug-likeness (QED) is 0.802. The molecule has 0 unspecified atom stereocenters. The molecule has 4 heteroatoms. The summed E-state index contributed by atoms with van der Waals surface area (Å²) in [5.74, 6) is 1.33. The predicted molar refractivity (Wildman–Crippen MR) is 78.2 cm³/mol. The van der Waals surface area contributed by atoms with E-state index >= 15 is 0 Å². The van der Waals surface area contributed by atoms with Crippen LogP contribution in [0, 0.1) is 11.8 Å². The van der Waals surface area contributed by atoms with Crippen molar-refractivity contribution in [1.29, 1.82) is 0 Å². The van der Waals surface area contributed by atoms with E-state index in [4.69, 9.17) is 0 Å². The van der Waals surface area contributed by atoms with Gasteiger partial charge in [-0.25, -0.2) is 4.79 Å². The van der Waals surface area contributed by atoms with E-state index in [1.807, 2.05) is 0 Å². The number of carbonyl (C=O) groups is 1. The van der Waals surface area contributed by atoms with Crippen LogP contribution in [0.5, 0.6) is 0 Å². The second kappa shape index (κ2) is 6.60. The van der Waals surface area contributed by atoms with E-state index < -0.39 is 0 Å². The summed E-state index contributed by atoms with van der Waals surface area (Å²) in [5, 5.41) is 6.10. The molecule has 1 heterocycles. The van der Waals surface area contributed by atoms with E-state index in [0.29, 0.717) is 18.0 Å². The molecule has 0 aromatic carbocycles. The lowest BCUT2D eigenvalue weighted by Crippen LogP contribution is -2.47. The molecule has 2 N–H and O–H groups in total. The fraction of sp³-hybridized carbons (Fsp3) is 0.933. The Labute approximate surface area is 117 Å². The largest absolute Gasteiger partial charge is 0.338 e. The Kier molecular flexibility index (Phi) is 5.08. The first-order valence-electron chi connectivity index (χ1n) is 7.84. The number of carbonyl (C=O) groups excluding carboxylic acids is 1. The highest BCUT2D eigenvalue weighted by Crippen LogP contribution is 2.32. The van der Waals surface area contributed by atoms with Gasteiger partial charge in [-0.1, -0.05) is 0 Å². The Morgan fingerprint density at radius 2 is 2.00 bits per heavy atom. The lowest BCUT2D eigenvalue weighted by Gasteiger charge is -2.35. The highest BCUT2D eigenvalue weighted by atomic mass is 16.2. The summed E-state index contributed by atoms with van der Waals surface area (Å²) in [5.41, 5.74) is 0. The summed E-state index contributed by atoms with van der Waals surface area (Å²) in [6, 6.07) is 0.964. The number of nitrogens with one attached hydrogen (secondary N) is 2. The lowest BCUT2D eigenvalue weighted by molar-refractivity contribution is 0.139. The smallest absolute Gasteiger partial charge is 0.315 e. The van der Waals surface area contributed by atoms with Crippen molar-refractivity contribution in [2.75, 3.05) is 19.6 Å². The second-order valence-electron chi connectivity index (χ2n) is 6.58. The topological polar surface area (TPSA) is 44.4 Å². The third kappa shape index (κ3) is 4.68. The number of amides is 2. The van der Waals surface area contributed by atoms with Crippen LogP contribution in [0.2, 0.25) is 0 Å². The zero-order chi connectivity index (χ0) is 13.8. The zero-order valence-corrected chi connectivity index (χ0v) is 12.6. The average Bonchev–Trinajstić information content (AvgIpc) is 3.21. The number of hydrogen-bond acceptors (Lipinski definition) is 2. The Bertz CT molecular complexity index is 302. The zero-order valence-electron chi connectivity index (χ0n) is 12.6. The minimum atomic E-state index is 0.0149. The van der Waals surface area contributed by atoms with Gasteiger partial charge in [0.05, 0.1) is 0 Å². The third-order valence-electron chi connectivity index (χ3n) is 4.52. The van der Waals surface area contributed by atoms with Crippen LogP contribution in [0.3, 0.4) is 0 Å². The first-order valence-corrected chi connectivity index (χ1v) is 7.84. The molecule has 1 aliphatic carbocycles. The first-order chi connectivity index (χ1) is 9.06. The van der Waals surface area contributed by atoms with Crippen LogP contribution in [0.15, 0.2) is 0 Å². The van der Waals surface area contributed by atoms with Crippen LogP contribution in [-0.4, -0.2) is 42.6 Å². The van der Waals surface area contributed by atoms with E-state index in [-0.39, 0.29) is 6.03 Å². The Morgan fingerprint density at radius 1 is 1.26 bits per heavy atom. The van der Waals surface area contributed by atoms with E-state index in [9.17, 15) is 4.79 Å². The summed E-state index contributed by atoms with van der Waals surface area (Å²) in [7, 11) is 0. The number of rotatable bonds is 5. The molecule has 2 atom stereocenters. The molecular formula is C15H29N3O. The van der Waals surface area contributed by atoms with Crippen molar-refractivity contribution in [3.63, 3.8) is 0 Å². The summed E-state index contributed by atoms with van der Waals surface area (Å²) >= 11 is 0. The van der Waals surface area contributed by atoms with Crippen molar-refractivity contribution in [3.05, 3.63) is 0 Å². The van der Waals surface area contributed by atoms with Gasteiger partial charge in [-0.15, -0.1) is 0 Å². The molecule has 2 rings (SSSR count). The monoisotopic (exact) mass is 267 g/mol. The number of urea groups is 1. The Morgan fingerprint density at radius 3 is 2.63 bits per heavy atom. The van der Waals surface area contributed by atoms with E-state index in [1.54, 1.807) is 0 Å². The molecule has 110 valence electrons.